The maximum Gasteiger partial charge on any atom is 0.308 e. The second-order valence-electron chi connectivity index (χ2n) is 9.38. The Labute approximate surface area is 189 Å². The molecule has 0 aliphatic heterocycles. The smallest absolute Gasteiger partial charge is 0.308 e. The lowest BCUT2D eigenvalue weighted by Crippen LogP contribution is -2.51. The van der Waals surface area contributed by atoms with Crippen molar-refractivity contribution in [2.75, 3.05) is 5.32 Å². The zero-order valence-electron chi connectivity index (χ0n) is 18.2. The number of carbonyl (C=O) groups is 1. The average Bonchev–Trinajstić information content (AvgIpc) is 3.22. The lowest BCUT2D eigenvalue weighted by Gasteiger charge is -2.47. The van der Waals surface area contributed by atoms with E-state index >= 15 is 0 Å². The molecule has 1 aromatic carbocycles. The number of hydrogen-bond donors (Lipinski definition) is 3. The number of halogens is 1. The fourth-order valence-electron chi connectivity index (χ4n) is 5.81. The molecule has 0 radical (unpaired) electrons. The Kier molecular flexibility index (Phi) is 4.57. The zero-order chi connectivity index (χ0) is 22.7. The number of fused-ring (bicyclic) bond motifs is 5. The molecule has 7 rings (SSSR count). The molecule has 33 heavy (non-hydrogen) atoms. The highest BCUT2D eigenvalue weighted by Crippen LogP contribution is 2.46. The van der Waals surface area contributed by atoms with Gasteiger partial charge in [-0.2, -0.15) is 0 Å². The van der Waals surface area contributed by atoms with E-state index in [1.54, 1.807) is 6.20 Å². The Morgan fingerprint density at radius 3 is 2.70 bits per heavy atom. The maximum absolute atomic E-state index is 13.9. The summed E-state index contributed by atoms with van der Waals surface area (Å²) in [6.45, 7) is 2.01. The summed E-state index contributed by atoms with van der Waals surface area (Å²) in [6, 6.07) is 7.20. The summed E-state index contributed by atoms with van der Waals surface area (Å²) >= 11 is 0. The first-order valence-electron chi connectivity index (χ1n) is 11.4. The van der Waals surface area contributed by atoms with Gasteiger partial charge in [0.25, 0.3) is 0 Å². The number of H-pyrrole nitrogens is 1. The van der Waals surface area contributed by atoms with E-state index in [0.29, 0.717) is 34.2 Å². The molecule has 2 bridgehead atoms. The van der Waals surface area contributed by atoms with Gasteiger partial charge < -0.3 is 15.4 Å². The molecular formula is C25H24FN5O2. The molecule has 3 aliphatic carbocycles. The molecular weight excluding hydrogens is 421 g/mol. The van der Waals surface area contributed by atoms with Gasteiger partial charge in [-0.05, 0) is 62.6 Å². The number of nitrogens with one attached hydrogen (secondary N) is 2. The summed E-state index contributed by atoms with van der Waals surface area (Å²) in [5, 5.41) is 15.0. The van der Waals surface area contributed by atoms with Crippen LogP contribution in [0.5, 0.6) is 0 Å². The van der Waals surface area contributed by atoms with Crippen molar-refractivity contribution in [2.45, 2.75) is 38.6 Å². The number of aromatic nitrogens is 4. The minimum Gasteiger partial charge on any atom is -0.481 e. The van der Waals surface area contributed by atoms with Crippen molar-refractivity contribution in [1.82, 2.24) is 19.9 Å². The van der Waals surface area contributed by atoms with Crippen LogP contribution >= 0.6 is 0 Å². The third-order valence-electron chi connectivity index (χ3n) is 7.40. The molecule has 168 valence electrons. The van der Waals surface area contributed by atoms with Crippen LogP contribution in [0.4, 0.5) is 10.2 Å². The molecule has 3 aliphatic rings. The minimum absolute atomic E-state index is 0.177. The molecule has 0 saturated heterocycles. The van der Waals surface area contributed by atoms with Gasteiger partial charge in [0.05, 0.1) is 17.6 Å². The molecule has 3 saturated carbocycles. The van der Waals surface area contributed by atoms with Crippen LogP contribution in [-0.4, -0.2) is 37.1 Å². The van der Waals surface area contributed by atoms with Crippen LogP contribution in [0.25, 0.3) is 33.3 Å². The van der Waals surface area contributed by atoms with Gasteiger partial charge in [-0.25, -0.2) is 19.3 Å². The van der Waals surface area contributed by atoms with Gasteiger partial charge in [-0.1, -0.05) is 11.6 Å². The van der Waals surface area contributed by atoms with E-state index in [-0.39, 0.29) is 12.0 Å². The first-order chi connectivity index (χ1) is 16.0. The van der Waals surface area contributed by atoms with Gasteiger partial charge >= 0.3 is 5.97 Å². The number of aliphatic carboxylic acids is 1. The van der Waals surface area contributed by atoms with Crippen LogP contribution in [0.3, 0.4) is 0 Å². The fourth-order valence-corrected chi connectivity index (χ4v) is 5.81. The number of carboxylic acids is 1. The van der Waals surface area contributed by atoms with Crippen molar-refractivity contribution in [3.05, 3.63) is 48.0 Å². The van der Waals surface area contributed by atoms with Gasteiger partial charge in [-0.15, -0.1) is 0 Å². The van der Waals surface area contributed by atoms with E-state index in [0.717, 1.165) is 42.1 Å². The van der Waals surface area contributed by atoms with Crippen LogP contribution in [0.2, 0.25) is 0 Å². The number of anilines is 1. The molecule has 8 heteroatoms. The first kappa shape index (κ1) is 20.1. The van der Waals surface area contributed by atoms with Gasteiger partial charge in [0.1, 0.15) is 17.3 Å². The monoisotopic (exact) mass is 445 g/mol. The second kappa shape index (κ2) is 7.50. The molecule has 2 atom stereocenters. The minimum atomic E-state index is -0.741. The second-order valence-corrected chi connectivity index (χ2v) is 9.38. The van der Waals surface area contributed by atoms with E-state index in [1.165, 1.54) is 12.3 Å². The molecule has 4 aromatic rings. The number of aromatic amines is 1. The summed E-state index contributed by atoms with van der Waals surface area (Å²) in [5.74, 6) is -0.0260. The van der Waals surface area contributed by atoms with Gasteiger partial charge in [0, 0.05) is 28.6 Å². The van der Waals surface area contributed by atoms with E-state index in [2.05, 4.69) is 15.3 Å². The zero-order valence-corrected chi connectivity index (χ0v) is 18.2. The first-order valence-corrected chi connectivity index (χ1v) is 11.4. The van der Waals surface area contributed by atoms with E-state index < -0.39 is 17.7 Å². The van der Waals surface area contributed by atoms with Crippen LogP contribution in [-0.2, 0) is 4.79 Å². The average molecular weight is 445 g/mol. The summed E-state index contributed by atoms with van der Waals surface area (Å²) in [7, 11) is 0. The summed E-state index contributed by atoms with van der Waals surface area (Å²) in [5.41, 5.74) is 3.03. The van der Waals surface area contributed by atoms with E-state index in [4.69, 9.17) is 9.97 Å². The van der Waals surface area contributed by atoms with Crippen LogP contribution in [0, 0.1) is 30.5 Å². The molecule has 3 heterocycles. The Bertz CT molecular complexity index is 1390. The lowest BCUT2D eigenvalue weighted by molar-refractivity contribution is -0.148. The number of nitrogens with zero attached hydrogens (tertiary/aromatic N) is 3. The molecule has 0 amide bonds. The maximum atomic E-state index is 13.9. The Morgan fingerprint density at radius 2 is 1.91 bits per heavy atom. The Hall–Kier alpha value is -3.55. The summed E-state index contributed by atoms with van der Waals surface area (Å²) in [6.07, 6.45) is 6.93. The van der Waals surface area contributed by atoms with E-state index in [1.807, 2.05) is 25.1 Å². The van der Waals surface area contributed by atoms with Crippen molar-refractivity contribution < 1.29 is 14.3 Å². The number of pyridine rings is 1. The summed E-state index contributed by atoms with van der Waals surface area (Å²) < 4.78 is 13.9. The fraction of sp³-hybridized carbons (Fsp3) is 0.360. The lowest BCUT2D eigenvalue weighted by atomic mass is 9.61. The largest absolute Gasteiger partial charge is 0.481 e. The van der Waals surface area contributed by atoms with Crippen LogP contribution in [0.1, 0.15) is 31.2 Å². The molecule has 7 nitrogen and oxygen atoms in total. The van der Waals surface area contributed by atoms with Crippen molar-refractivity contribution in [3.8, 4) is 11.4 Å². The quantitative estimate of drug-likeness (QED) is 0.412. The topological polar surface area (TPSA) is 104 Å². The third-order valence-corrected chi connectivity index (χ3v) is 7.40. The van der Waals surface area contributed by atoms with Crippen molar-refractivity contribution in [2.24, 2.45) is 17.8 Å². The highest BCUT2D eigenvalue weighted by atomic mass is 19.1. The molecule has 3 N–H and O–H groups in total. The predicted octanol–water partition coefficient (Wildman–Crippen LogP) is 4.92. The number of carboxylic acid groups (broad SMARTS) is 1. The molecule has 3 aromatic heterocycles. The van der Waals surface area contributed by atoms with Crippen LogP contribution < -0.4 is 5.32 Å². The van der Waals surface area contributed by atoms with Crippen molar-refractivity contribution in [3.63, 3.8) is 0 Å². The number of hydrogen-bond acceptors (Lipinski definition) is 5. The van der Waals surface area contributed by atoms with E-state index in [9.17, 15) is 14.3 Å². The molecule has 2 unspecified atom stereocenters. The SMILES string of the molecule is Cc1ccc2nc(-c3c[nH]c4ncc(F)cc34)nc(NC3C4CCC(CC4)C3C(=O)O)c2c1. The number of rotatable bonds is 4. The predicted molar refractivity (Wildman–Crippen MR) is 123 cm³/mol. The normalized spacial score (nSPS) is 24.4. The highest BCUT2D eigenvalue weighted by Gasteiger charge is 2.47. The molecule has 0 spiro atoms. The van der Waals surface area contributed by atoms with Gasteiger partial charge in [-0.3, -0.25) is 4.79 Å². The van der Waals surface area contributed by atoms with Crippen molar-refractivity contribution in [1.29, 1.82) is 0 Å². The van der Waals surface area contributed by atoms with Gasteiger partial charge in [0.2, 0.25) is 0 Å². The number of aryl methyl sites for hydroxylation is 1. The standard InChI is InChI=1S/C25H24FN5O2/c1-12-2-7-19-17(8-12)23(30-21-14-5-3-13(4-6-14)20(21)25(32)33)31-24(29-19)18-11-28-22-16(18)9-15(26)10-27-22/h2,7-11,13-14,20-21H,3-6H2,1H3,(H,27,28)(H,32,33)(H,29,30,31). The highest BCUT2D eigenvalue weighted by molar-refractivity contribution is 5.96. The Morgan fingerprint density at radius 1 is 1.12 bits per heavy atom. The van der Waals surface area contributed by atoms with Gasteiger partial charge in [0.15, 0.2) is 5.82 Å². The molecule has 3 fully saturated rings. The number of benzene rings is 1. The van der Waals surface area contributed by atoms with Crippen LogP contribution in [0.15, 0.2) is 36.7 Å². The third kappa shape index (κ3) is 3.32. The summed E-state index contributed by atoms with van der Waals surface area (Å²) in [4.78, 5) is 28.9. The van der Waals surface area contributed by atoms with Crippen molar-refractivity contribution >= 4 is 33.7 Å². The Balaban J connectivity index is 1.50.